The molecule has 0 N–H and O–H groups in total. The summed E-state index contributed by atoms with van der Waals surface area (Å²) in [7, 11) is 0. The lowest BCUT2D eigenvalue weighted by atomic mass is 10.1. The molecular weight excluding hydrogens is 209 g/mol. The zero-order valence-corrected chi connectivity index (χ0v) is 8.78. The normalized spacial score (nSPS) is 23.4. The Labute approximate surface area is 92.8 Å². The summed E-state index contributed by atoms with van der Waals surface area (Å²) < 4.78 is 18.7. The standard InChI is InChI=1S/C12H12FNO2/c13-8-3-4-11-10(6-8)12(15)14-5-1-2-9(14)7-16-11/h3-4,6,9H,1-2,5,7H2/t9-/m0/s1. The van der Waals surface area contributed by atoms with Crippen LogP contribution in [-0.2, 0) is 0 Å². The van der Waals surface area contributed by atoms with Crippen molar-refractivity contribution >= 4 is 5.91 Å². The Morgan fingerprint density at radius 1 is 1.44 bits per heavy atom. The second-order valence-corrected chi connectivity index (χ2v) is 4.25. The molecular formula is C12H12FNO2. The highest BCUT2D eigenvalue weighted by Crippen LogP contribution is 2.29. The molecule has 1 saturated heterocycles. The van der Waals surface area contributed by atoms with Crippen LogP contribution in [0.3, 0.4) is 0 Å². The minimum Gasteiger partial charge on any atom is -0.491 e. The van der Waals surface area contributed by atoms with Gasteiger partial charge in [0.2, 0.25) is 0 Å². The molecule has 1 aromatic carbocycles. The van der Waals surface area contributed by atoms with E-state index < -0.39 is 5.82 Å². The molecule has 0 aromatic heterocycles. The lowest BCUT2D eigenvalue weighted by molar-refractivity contribution is 0.0726. The molecule has 84 valence electrons. The van der Waals surface area contributed by atoms with E-state index in [2.05, 4.69) is 0 Å². The van der Waals surface area contributed by atoms with Crippen LogP contribution in [0.5, 0.6) is 5.75 Å². The number of carbonyl (C=O) groups excluding carboxylic acids is 1. The molecule has 1 amide bonds. The number of halogens is 1. The van der Waals surface area contributed by atoms with Crippen molar-refractivity contribution in [2.45, 2.75) is 18.9 Å². The van der Waals surface area contributed by atoms with E-state index in [0.717, 1.165) is 19.4 Å². The van der Waals surface area contributed by atoms with Crippen LogP contribution in [-0.4, -0.2) is 30.0 Å². The van der Waals surface area contributed by atoms with E-state index in [0.29, 0.717) is 17.9 Å². The number of carbonyl (C=O) groups is 1. The molecule has 4 heteroatoms. The monoisotopic (exact) mass is 221 g/mol. The number of hydrogen-bond acceptors (Lipinski definition) is 2. The third kappa shape index (κ3) is 1.37. The summed E-state index contributed by atoms with van der Waals surface area (Å²) >= 11 is 0. The molecule has 2 aliphatic rings. The minimum absolute atomic E-state index is 0.102. The van der Waals surface area contributed by atoms with E-state index in [1.54, 1.807) is 4.90 Å². The molecule has 1 atom stereocenters. The Balaban J connectivity index is 2.06. The van der Waals surface area contributed by atoms with Gasteiger partial charge >= 0.3 is 0 Å². The molecule has 0 radical (unpaired) electrons. The summed E-state index contributed by atoms with van der Waals surface area (Å²) in [6, 6.07) is 4.27. The molecule has 0 bridgehead atoms. The van der Waals surface area contributed by atoms with Gasteiger partial charge in [-0.25, -0.2) is 4.39 Å². The summed E-state index contributed by atoms with van der Waals surface area (Å²) in [5.41, 5.74) is 0.351. The fraction of sp³-hybridized carbons (Fsp3) is 0.417. The van der Waals surface area contributed by atoms with E-state index in [1.807, 2.05) is 0 Å². The summed E-state index contributed by atoms with van der Waals surface area (Å²) in [5, 5.41) is 0. The molecule has 0 aliphatic carbocycles. The molecule has 0 unspecified atom stereocenters. The number of hydrogen-bond donors (Lipinski definition) is 0. The van der Waals surface area contributed by atoms with Gasteiger partial charge in [0, 0.05) is 6.54 Å². The summed E-state index contributed by atoms with van der Waals surface area (Å²) in [6.45, 7) is 1.27. The van der Waals surface area contributed by atoms with Crippen LogP contribution in [0.15, 0.2) is 18.2 Å². The molecule has 1 fully saturated rings. The highest BCUT2D eigenvalue weighted by molar-refractivity contribution is 5.97. The first-order valence-corrected chi connectivity index (χ1v) is 5.49. The number of benzene rings is 1. The average Bonchev–Trinajstić information content (AvgIpc) is 2.70. The predicted molar refractivity (Wildman–Crippen MR) is 56.0 cm³/mol. The Morgan fingerprint density at radius 2 is 2.31 bits per heavy atom. The van der Waals surface area contributed by atoms with Gasteiger partial charge in [-0.15, -0.1) is 0 Å². The highest BCUT2D eigenvalue weighted by atomic mass is 19.1. The topological polar surface area (TPSA) is 29.5 Å². The van der Waals surface area contributed by atoms with Gasteiger partial charge in [-0.3, -0.25) is 4.79 Å². The van der Waals surface area contributed by atoms with Crippen LogP contribution in [0.2, 0.25) is 0 Å². The van der Waals surface area contributed by atoms with Crippen molar-refractivity contribution in [1.82, 2.24) is 4.90 Å². The third-order valence-corrected chi connectivity index (χ3v) is 3.24. The molecule has 2 heterocycles. The van der Waals surface area contributed by atoms with Gasteiger partial charge in [0.05, 0.1) is 11.6 Å². The summed E-state index contributed by atoms with van der Waals surface area (Å²) in [6.07, 6.45) is 1.98. The summed E-state index contributed by atoms with van der Waals surface area (Å²) in [5.74, 6) is 0.00338. The first-order chi connectivity index (χ1) is 7.75. The van der Waals surface area contributed by atoms with Gasteiger partial charge in [-0.1, -0.05) is 0 Å². The Morgan fingerprint density at radius 3 is 3.19 bits per heavy atom. The van der Waals surface area contributed by atoms with Crippen LogP contribution in [0.4, 0.5) is 4.39 Å². The molecule has 3 rings (SSSR count). The van der Waals surface area contributed by atoms with Crippen LogP contribution in [0.25, 0.3) is 0 Å². The van der Waals surface area contributed by atoms with Crippen LogP contribution < -0.4 is 4.74 Å². The van der Waals surface area contributed by atoms with Gasteiger partial charge in [0.15, 0.2) is 0 Å². The zero-order chi connectivity index (χ0) is 11.1. The number of nitrogens with zero attached hydrogens (tertiary/aromatic N) is 1. The Kier molecular flexibility index (Phi) is 2.09. The Hall–Kier alpha value is -1.58. The second-order valence-electron chi connectivity index (χ2n) is 4.25. The van der Waals surface area contributed by atoms with Crippen molar-refractivity contribution in [2.24, 2.45) is 0 Å². The lowest BCUT2D eigenvalue weighted by Gasteiger charge is -2.20. The first-order valence-electron chi connectivity index (χ1n) is 5.49. The fourth-order valence-corrected chi connectivity index (χ4v) is 2.41. The maximum atomic E-state index is 13.1. The van der Waals surface area contributed by atoms with Gasteiger partial charge in [-0.2, -0.15) is 0 Å². The van der Waals surface area contributed by atoms with Crippen molar-refractivity contribution in [1.29, 1.82) is 0 Å². The number of ether oxygens (including phenoxy) is 1. The predicted octanol–water partition coefficient (Wildman–Crippen LogP) is 1.82. The SMILES string of the molecule is O=C1c2cc(F)ccc2OC[C@@H]2CCCN12. The van der Waals surface area contributed by atoms with E-state index >= 15 is 0 Å². The van der Waals surface area contributed by atoms with Gasteiger partial charge in [0.1, 0.15) is 18.2 Å². The largest absolute Gasteiger partial charge is 0.491 e. The molecule has 2 aliphatic heterocycles. The minimum atomic E-state index is -0.395. The van der Waals surface area contributed by atoms with Crippen molar-refractivity contribution in [3.63, 3.8) is 0 Å². The van der Waals surface area contributed by atoms with Gasteiger partial charge < -0.3 is 9.64 Å². The van der Waals surface area contributed by atoms with Crippen LogP contribution in [0, 0.1) is 5.82 Å². The van der Waals surface area contributed by atoms with Crippen molar-refractivity contribution < 1.29 is 13.9 Å². The summed E-state index contributed by atoms with van der Waals surface area (Å²) in [4.78, 5) is 13.9. The van der Waals surface area contributed by atoms with E-state index in [4.69, 9.17) is 4.74 Å². The lowest BCUT2D eigenvalue weighted by Crippen LogP contribution is -2.36. The average molecular weight is 221 g/mol. The number of amides is 1. The van der Waals surface area contributed by atoms with Crippen molar-refractivity contribution in [2.75, 3.05) is 13.2 Å². The van der Waals surface area contributed by atoms with E-state index in [-0.39, 0.29) is 11.9 Å². The Bertz CT molecular complexity index is 447. The molecule has 0 saturated carbocycles. The molecule has 1 aromatic rings. The van der Waals surface area contributed by atoms with Crippen LogP contribution >= 0.6 is 0 Å². The van der Waals surface area contributed by atoms with Crippen molar-refractivity contribution in [3.05, 3.63) is 29.6 Å². The zero-order valence-electron chi connectivity index (χ0n) is 8.78. The molecule has 0 spiro atoms. The maximum absolute atomic E-state index is 13.1. The fourth-order valence-electron chi connectivity index (χ4n) is 2.41. The van der Waals surface area contributed by atoms with E-state index in [9.17, 15) is 9.18 Å². The molecule has 3 nitrogen and oxygen atoms in total. The second kappa shape index (κ2) is 3.47. The molecule has 16 heavy (non-hydrogen) atoms. The smallest absolute Gasteiger partial charge is 0.258 e. The van der Waals surface area contributed by atoms with Gasteiger partial charge in [0.25, 0.3) is 5.91 Å². The quantitative estimate of drug-likeness (QED) is 0.668. The maximum Gasteiger partial charge on any atom is 0.258 e. The van der Waals surface area contributed by atoms with E-state index in [1.165, 1.54) is 18.2 Å². The highest BCUT2D eigenvalue weighted by Gasteiger charge is 2.34. The number of fused-ring (bicyclic) bond motifs is 2. The first kappa shape index (κ1) is 9.63. The van der Waals surface area contributed by atoms with Gasteiger partial charge in [-0.05, 0) is 31.0 Å². The number of rotatable bonds is 0. The third-order valence-electron chi connectivity index (χ3n) is 3.24. The van der Waals surface area contributed by atoms with Crippen molar-refractivity contribution in [3.8, 4) is 5.75 Å². The van der Waals surface area contributed by atoms with Crippen LogP contribution in [0.1, 0.15) is 23.2 Å².